The molecule has 0 radical (unpaired) electrons. The van der Waals surface area contributed by atoms with Gasteiger partial charge in [-0.3, -0.25) is 14.4 Å². The van der Waals surface area contributed by atoms with Gasteiger partial charge in [0.05, 0.1) is 19.4 Å². The fourth-order valence-corrected chi connectivity index (χ4v) is 2.82. The molecule has 2 aromatic rings. The molecule has 1 N–H and O–H groups in total. The second-order valence-electron chi connectivity index (χ2n) is 6.16. The van der Waals surface area contributed by atoms with Gasteiger partial charge in [-0.15, -0.1) is 0 Å². The number of nitrogens with zero attached hydrogens (tertiary/aromatic N) is 3. The number of hydrogen-bond donors (Lipinski definition) is 1. The number of rotatable bonds is 6. The number of carbonyl (C=O) groups is 1. The van der Waals surface area contributed by atoms with Crippen molar-refractivity contribution in [2.75, 3.05) is 26.3 Å². The van der Waals surface area contributed by atoms with Crippen LogP contribution in [0, 0.1) is 0 Å². The average Bonchev–Trinajstić information content (AvgIpc) is 3.05. The molecule has 0 spiro atoms. The Kier molecular flexibility index (Phi) is 5.98. The van der Waals surface area contributed by atoms with E-state index in [0.29, 0.717) is 6.54 Å². The highest BCUT2D eigenvalue weighted by Crippen LogP contribution is 2.13. The number of aryl methyl sites for hydroxylation is 1. The first-order chi connectivity index (χ1) is 12.2. The minimum atomic E-state index is -0.106. The molecule has 1 aliphatic heterocycles. The normalized spacial score (nSPS) is 15.6. The molecule has 0 unspecified atom stereocenters. The van der Waals surface area contributed by atoms with E-state index in [1.54, 1.807) is 23.0 Å². The standard InChI is InChI=1S/C19H24N4O2/c1-22-14-16(12-21-22)6-7-19(24)20-13-17-4-2-3-5-18(17)15-23-8-10-25-11-9-23/h2-7,12,14H,8-11,13,15H2,1H3,(H,20,24)/b7-6+. The summed E-state index contributed by atoms with van der Waals surface area (Å²) in [5.41, 5.74) is 3.31. The fourth-order valence-electron chi connectivity index (χ4n) is 2.82. The SMILES string of the molecule is Cn1cc(/C=C/C(=O)NCc2ccccc2CN2CCOCC2)cn1. The summed E-state index contributed by atoms with van der Waals surface area (Å²) in [6.45, 7) is 4.90. The predicted octanol–water partition coefficient (Wildman–Crippen LogP) is 1.58. The van der Waals surface area contributed by atoms with E-state index in [4.69, 9.17) is 4.74 Å². The quantitative estimate of drug-likeness (QED) is 0.811. The van der Waals surface area contributed by atoms with E-state index < -0.39 is 0 Å². The van der Waals surface area contributed by atoms with Crippen molar-refractivity contribution in [3.63, 3.8) is 0 Å². The van der Waals surface area contributed by atoms with Gasteiger partial charge in [0.25, 0.3) is 0 Å². The molecule has 3 rings (SSSR count). The zero-order valence-electron chi connectivity index (χ0n) is 14.5. The highest BCUT2D eigenvalue weighted by molar-refractivity contribution is 5.91. The summed E-state index contributed by atoms with van der Waals surface area (Å²) >= 11 is 0. The number of ether oxygens (including phenoxy) is 1. The van der Waals surface area contributed by atoms with E-state index >= 15 is 0 Å². The molecule has 132 valence electrons. The highest BCUT2D eigenvalue weighted by Gasteiger charge is 2.12. The summed E-state index contributed by atoms with van der Waals surface area (Å²) in [6.07, 6.45) is 6.90. The highest BCUT2D eigenvalue weighted by atomic mass is 16.5. The minimum Gasteiger partial charge on any atom is -0.379 e. The number of hydrogen-bond acceptors (Lipinski definition) is 4. The van der Waals surface area contributed by atoms with Crippen LogP contribution in [0.1, 0.15) is 16.7 Å². The van der Waals surface area contributed by atoms with Crippen LogP contribution < -0.4 is 5.32 Å². The molecule has 1 aliphatic rings. The van der Waals surface area contributed by atoms with E-state index in [2.05, 4.69) is 27.4 Å². The van der Waals surface area contributed by atoms with Gasteiger partial charge >= 0.3 is 0 Å². The van der Waals surface area contributed by atoms with Gasteiger partial charge in [0.2, 0.25) is 5.91 Å². The van der Waals surface area contributed by atoms with E-state index in [1.807, 2.05) is 25.4 Å². The molecule has 0 bridgehead atoms. The van der Waals surface area contributed by atoms with Gasteiger partial charge in [-0.25, -0.2) is 0 Å². The van der Waals surface area contributed by atoms with Crippen LogP contribution >= 0.6 is 0 Å². The Morgan fingerprint density at radius 2 is 2.04 bits per heavy atom. The number of nitrogens with one attached hydrogen (secondary N) is 1. The Morgan fingerprint density at radius 1 is 1.28 bits per heavy atom. The number of morpholine rings is 1. The van der Waals surface area contributed by atoms with E-state index in [9.17, 15) is 4.79 Å². The summed E-state index contributed by atoms with van der Waals surface area (Å²) in [7, 11) is 1.85. The van der Waals surface area contributed by atoms with Crippen LogP contribution in [0.2, 0.25) is 0 Å². The van der Waals surface area contributed by atoms with Crippen LogP contribution in [0.5, 0.6) is 0 Å². The topological polar surface area (TPSA) is 59.4 Å². The molecule has 0 saturated carbocycles. The predicted molar refractivity (Wildman–Crippen MR) is 96.6 cm³/mol. The molecule has 0 atom stereocenters. The third-order valence-corrected chi connectivity index (χ3v) is 4.22. The van der Waals surface area contributed by atoms with Gasteiger partial charge in [-0.1, -0.05) is 24.3 Å². The van der Waals surface area contributed by atoms with E-state index in [0.717, 1.165) is 44.0 Å². The van der Waals surface area contributed by atoms with Crippen molar-refractivity contribution in [3.05, 3.63) is 59.4 Å². The molecule has 0 aliphatic carbocycles. The lowest BCUT2D eigenvalue weighted by Crippen LogP contribution is -2.36. The number of benzene rings is 1. The maximum absolute atomic E-state index is 12.0. The molecule has 2 heterocycles. The Bertz CT molecular complexity index is 733. The zero-order valence-corrected chi connectivity index (χ0v) is 14.5. The number of carbonyl (C=O) groups excluding carboxylic acids is 1. The van der Waals surface area contributed by atoms with Gasteiger partial charge in [0.1, 0.15) is 0 Å². The summed E-state index contributed by atoms with van der Waals surface area (Å²) in [5, 5.41) is 7.03. The van der Waals surface area contributed by atoms with Crippen molar-refractivity contribution in [3.8, 4) is 0 Å². The Morgan fingerprint density at radius 3 is 2.76 bits per heavy atom. The monoisotopic (exact) mass is 340 g/mol. The third-order valence-electron chi connectivity index (χ3n) is 4.22. The van der Waals surface area contributed by atoms with Crippen molar-refractivity contribution < 1.29 is 9.53 Å². The van der Waals surface area contributed by atoms with Crippen LogP contribution in [0.4, 0.5) is 0 Å². The van der Waals surface area contributed by atoms with Crippen LogP contribution in [0.15, 0.2) is 42.7 Å². The van der Waals surface area contributed by atoms with Crippen LogP contribution in [-0.2, 0) is 29.7 Å². The number of aromatic nitrogens is 2. The lowest BCUT2D eigenvalue weighted by molar-refractivity contribution is -0.116. The molecular weight excluding hydrogens is 316 g/mol. The molecule has 1 aromatic carbocycles. The summed E-state index contributed by atoms with van der Waals surface area (Å²) < 4.78 is 7.11. The van der Waals surface area contributed by atoms with Crippen molar-refractivity contribution in [1.29, 1.82) is 0 Å². The summed E-state index contributed by atoms with van der Waals surface area (Å²) in [6, 6.07) is 8.25. The number of amides is 1. The first-order valence-corrected chi connectivity index (χ1v) is 8.52. The van der Waals surface area contributed by atoms with Gasteiger partial charge in [0.15, 0.2) is 0 Å². The van der Waals surface area contributed by atoms with Crippen LogP contribution in [0.3, 0.4) is 0 Å². The van der Waals surface area contributed by atoms with Crippen molar-refractivity contribution >= 4 is 12.0 Å². The maximum atomic E-state index is 12.0. The molecule has 25 heavy (non-hydrogen) atoms. The summed E-state index contributed by atoms with van der Waals surface area (Å²) in [5.74, 6) is -0.106. The van der Waals surface area contributed by atoms with Gasteiger partial charge in [-0.2, -0.15) is 5.10 Å². The second-order valence-corrected chi connectivity index (χ2v) is 6.16. The maximum Gasteiger partial charge on any atom is 0.244 e. The average molecular weight is 340 g/mol. The molecule has 6 nitrogen and oxygen atoms in total. The Balaban J connectivity index is 1.55. The molecular formula is C19H24N4O2. The fraction of sp³-hybridized carbons (Fsp3) is 0.368. The van der Waals surface area contributed by atoms with E-state index in [-0.39, 0.29) is 5.91 Å². The zero-order chi connectivity index (χ0) is 17.5. The van der Waals surface area contributed by atoms with Crippen molar-refractivity contribution in [2.45, 2.75) is 13.1 Å². The molecule has 1 amide bonds. The first-order valence-electron chi connectivity index (χ1n) is 8.52. The summed E-state index contributed by atoms with van der Waals surface area (Å²) in [4.78, 5) is 14.4. The third kappa shape index (κ3) is 5.27. The molecule has 1 fully saturated rings. The molecule has 1 aromatic heterocycles. The first kappa shape index (κ1) is 17.4. The van der Waals surface area contributed by atoms with Gasteiger partial charge in [0, 0.05) is 51.1 Å². The van der Waals surface area contributed by atoms with Gasteiger partial charge < -0.3 is 10.1 Å². The lowest BCUT2D eigenvalue weighted by Gasteiger charge is -2.27. The van der Waals surface area contributed by atoms with Gasteiger partial charge in [-0.05, 0) is 17.2 Å². The molecule has 6 heteroatoms. The smallest absolute Gasteiger partial charge is 0.244 e. The Hall–Kier alpha value is -2.44. The minimum absolute atomic E-state index is 0.106. The van der Waals surface area contributed by atoms with Crippen LogP contribution in [0.25, 0.3) is 6.08 Å². The van der Waals surface area contributed by atoms with E-state index in [1.165, 1.54) is 5.56 Å². The second kappa shape index (κ2) is 8.60. The van der Waals surface area contributed by atoms with Crippen LogP contribution in [-0.4, -0.2) is 46.9 Å². The molecule has 1 saturated heterocycles. The van der Waals surface area contributed by atoms with Crippen molar-refractivity contribution in [1.82, 2.24) is 20.0 Å². The van der Waals surface area contributed by atoms with Crippen molar-refractivity contribution in [2.24, 2.45) is 7.05 Å². The Labute approximate surface area is 148 Å². The largest absolute Gasteiger partial charge is 0.379 e. The lowest BCUT2D eigenvalue weighted by atomic mass is 10.1.